The van der Waals surface area contributed by atoms with E-state index in [0.29, 0.717) is 22.0 Å². The Balaban J connectivity index is 1.92. The van der Waals surface area contributed by atoms with Gasteiger partial charge in [0.15, 0.2) is 6.29 Å². The van der Waals surface area contributed by atoms with Crippen molar-refractivity contribution in [1.82, 2.24) is 0 Å². The summed E-state index contributed by atoms with van der Waals surface area (Å²) in [6, 6.07) is 13.3. The summed E-state index contributed by atoms with van der Waals surface area (Å²) >= 11 is 1.22. The molecule has 0 bridgehead atoms. The molecule has 1 saturated heterocycles. The average molecular weight is 390 g/mol. The van der Waals surface area contributed by atoms with Gasteiger partial charge >= 0.3 is 0 Å². The normalized spacial score (nSPS) is 28.0. The first-order valence-electron chi connectivity index (χ1n) is 8.51. The van der Waals surface area contributed by atoms with Gasteiger partial charge in [-0.15, -0.1) is 11.3 Å². The number of thiophene rings is 1. The van der Waals surface area contributed by atoms with Crippen molar-refractivity contribution >= 4 is 16.3 Å². The summed E-state index contributed by atoms with van der Waals surface area (Å²) in [6.07, 6.45) is -3.29. The van der Waals surface area contributed by atoms with E-state index in [1.165, 1.54) is 18.4 Å². The van der Waals surface area contributed by atoms with Crippen molar-refractivity contribution in [1.29, 1.82) is 5.26 Å². The minimum atomic E-state index is -1.04. The predicted molar refractivity (Wildman–Crippen MR) is 100.0 cm³/mol. The first-order valence-corrected chi connectivity index (χ1v) is 9.32. The molecule has 3 rings (SSSR count). The number of rotatable bonds is 6. The molecular formula is C19H22N2O5S. The molecule has 1 fully saturated rings. The lowest BCUT2D eigenvalue weighted by atomic mass is 9.87. The molecule has 8 heteroatoms. The maximum absolute atomic E-state index is 10.8. The Bertz CT molecular complexity index is 791. The second-order valence-electron chi connectivity index (χ2n) is 6.28. The Morgan fingerprint density at radius 2 is 2.07 bits per heavy atom. The molecule has 4 N–H and O–H groups in total. The van der Waals surface area contributed by atoms with E-state index < -0.39 is 30.5 Å². The van der Waals surface area contributed by atoms with Crippen LogP contribution in [0.15, 0.2) is 36.4 Å². The molecule has 1 aromatic heterocycles. The summed E-state index contributed by atoms with van der Waals surface area (Å²) in [5.41, 5.74) is 7.23. The fraction of sp³-hybridized carbons (Fsp3) is 0.421. The summed E-state index contributed by atoms with van der Waals surface area (Å²) in [7, 11) is 1.48. The molecule has 1 aliphatic rings. The highest BCUT2D eigenvalue weighted by Crippen LogP contribution is 2.41. The van der Waals surface area contributed by atoms with E-state index >= 15 is 0 Å². The molecule has 2 heterocycles. The van der Waals surface area contributed by atoms with Gasteiger partial charge in [-0.05, 0) is 11.6 Å². The van der Waals surface area contributed by atoms with Crippen LogP contribution in [0.3, 0.4) is 0 Å². The number of nitriles is 1. The number of aliphatic hydroxyl groups excluding tert-OH is 2. The highest BCUT2D eigenvalue weighted by molar-refractivity contribution is 7.16. The number of nitrogens with zero attached hydrogens (tertiary/aromatic N) is 1. The first-order chi connectivity index (χ1) is 13.1. The molecule has 1 aliphatic heterocycles. The lowest BCUT2D eigenvalue weighted by Gasteiger charge is -2.43. The van der Waals surface area contributed by atoms with Gasteiger partial charge < -0.3 is 30.2 Å². The highest BCUT2D eigenvalue weighted by Gasteiger charge is 2.47. The third-order valence-electron chi connectivity index (χ3n) is 4.61. The molecule has 27 heavy (non-hydrogen) atoms. The number of ether oxygens (including phenoxy) is 3. The van der Waals surface area contributed by atoms with E-state index in [1.807, 2.05) is 36.4 Å². The van der Waals surface area contributed by atoms with Crippen LogP contribution in [-0.4, -0.2) is 48.5 Å². The molecule has 7 nitrogen and oxygen atoms in total. The predicted octanol–water partition coefficient (Wildman–Crippen LogP) is 1.60. The summed E-state index contributed by atoms with van der Waals surface area (Å²) in [4.78, 5) is 0.693. The summed E-state index contributed by atoms with van der Waals surface area (Å²) in [6.45, 7) is -0.0669. The largest absolute Gasteiger partial charge is 0.394 e. The first kappa shape index (κ1) is 19.8. The Kier molecular flexibility index (Phi) is 6.44. The maximum atomic E-state index is 10.8. The average Bonchev–Trinajstić information content (AvgIpc) is 3.07. The summed E-state index contributed by atoms with van der Waals surface area (Å²) in [5.74, 6) is -0.557. The fourth-order valence-electron chi connectivity index (χ4n) is 3.22. The minimum Gasteiger partial charge on any atom is -0.394 e. The number of aliphatic hydroxyl groups is 2. The molecule has 0 aliphatic carbocycles. The van der Waals surface area contributed by atoms with Crippen LogP contribution in [0.5, 0.6) is 0 Å². The third-order valence-corrected chi connectivity index (χ3v) is 5.67. The number of benzene rings is 1. The van der Waals surface area contributed by atoms with E-state index in [-0.39, 0.29) is 6.61 Å². The van der Waals surface area contributed by atoms with Gasteiger partial charge in [-0.3, -0.25) is 0 Å². The van der Waals surface area contributed by atoms with Gasteiger partial charge in [-0.25, -0.2) is 0 Å². The van der Waals surface area contributed by atoms with Crippen LogP contribution in [0.2, 0.25) is 0 Å². The lowest BCUT2D eigenvalue weighted by molar-refractivity contribution is -0.281. The second-order valence-corrected chi connectivity index (χ2v) is 7.39. The number of hydrogen-bond donors (Lipinski definition) is 3. The summed E-state index contributed by atoms with van der Waals surface area (Å²) < 4.78 is 17.2. The van der Waals surface area contributed by atoms with Crippen molar-refractivity contribution in [2.45, 2.75) is 37.1 Å². The number of nitrogen functional groups attached to an aromatic ring is 1. The van der Waals surface area contributed by atoms with Crippen LogP contribution in [0.1, 0.15) is 21.9 Å². The quantitative estimate of drug-likeness (QED) is 0.685. The van der Waals surface area contributed by atoms with E-state index in [0.717, 1.165) is 5.56 Å². The third kappa shape index (κ3) is 4.14. The minimum absolute atomic E-state index is 0.299. The maximum Gasteiger partial charge on any atom is 0.184 e. The standard InChI is InChI=1S/C19H22N2O5S/c1-24-19-17(25-10-11-5-3-2-4-6-11)15(16(23)13(9-22)26-19)14-7-12(8-20)18(21)27-14/h2-7,13,15-17,19,22-23H,9-10,21H2,1H3/t13-,15-,16-,17+,19+/m1/s1. The molecule has 0 radical (unpaired) electrons. The molecule has 144 valence electrons. The van der Waals surface area contributed by atoms with Crippen molar-refractivity contribution in [2.24, 2.45) is 0 Å². The Morgan fingerprint density at radius 3 is 2.67 bits per heavy atom. The zero-order valence-electron chi connectivity index (χ0n) is 14.8. The fourth-order valence-corrected chi connectivity index (χ4v) is 4.28. The van der Waals surface area contributed by atoms with Gasteiger partial charge in [0.05, 0.1) is 30.8 Å². The van der Waals surface area contributed by atoms with Gasteiger partial charge in [0.1, 0.15) is 23.3 Å². The van der Waals surface area contributed by atoms with Crippen molar-refractivity contribution in [3.63, 3.8) is 0 Å². The highest BCUT2D eigenvalue weighted by atomic mass is 32.1. The molecule has 0 unspecified atom stereocenters. The van der Waals surface area contributed by atoms with Crippen LogP contribution in [0.4, 0.5) is 5.00 Å². The van der Waals surface area contributed by atoms with E-state index in [9.17, 15) is 15.5 Å². The second kappa shape index (κ2) is 8.80. The molecule has 5 atom stereocenters. The van der Waals surface area contributed by atoms with Crippen molar-refractivity contribution in [2.75, 3.05) is 19.5 Å². The van der Waals surface area contributed by atoms with Gasteiger partial charge in [0.2, 0.25) is 0 Å². The number of methoxy groups -OCH3 is 1. The SMILES string of the molecule is CO[C@H]1O[C@H](CO)[C@@H](O)[C@@H](c2cc(C#N)c(N)s2)[C@@H]1OCc1ccccc1. The van der Waals surface area contributed by atoms with E-state index in [4.69, 9.17) is 19.9 Å². The number of anilines is 1. The molecule has 0 saturated carbocycles. The monoisotopic (exact) mass is 390 g/mol. The molecule has 0 amide bonds. The van der Waals surface area contributed by atoms with Gasteiger partial charge in [0, 0.05) is 12.0 Å². The van der Waals surface area contributed by atoms with Crippen LogP contribution >= 0.6 is 11.3 Å². The zero-order chi connectivity index (χ0) is 19.4. The van der Waals surface area contributed by atoms with Gasteiger partial charge in [0.25, 0.3) is 0 Å². The lowest BCUT2D eigenvalue weighted by Crippen LogP contribution is -2.55. The van der Waals surface area contributed by atoms with Crippen LogP contribution < -0.4 is 5.73 Å². The zero-order valence-corrected chi connectivity index (χ0v) is 15.6. The Morgan fingerprint density at radius 1 is 1.33 bits per heavy atom. The van der Waals surface area contributed by atoms with Crippen molar-refractivity contribution in [3.8, 4) is 6.07 Å². The topological polar surface area (TPSA) is 118 Å². The van der Waals surface area contributed by atoms with Crippen LogP contribution in [0.25, 0.3) is 0 Å². The molecule has 2 aromatic rings. The molecular weight excluding hydrogens is 368 g/mol. The van der Waals surface area contributed by atoms with Crippen molar-refractivity contribution < 1.29 is 24.4 Å². The van der Waals surface area contributed by atoms with Crippen LogP contribution in [0, 0.1) is 11.3 Å². The van der Waals surface area contributed by atoms with Gasteiger partial charge in [-0.1, -0.05) is 30.3 Å². The van der Waals surface area contributed by atoms with Crippen LogP contribution in [-0.2, 0) is 20.8 Å². The smallest absolute Gasteiger partial charge is 0.184 e. The number of nitrogens with two attached hydrogens (primary N) is 1. The van der Waals surface area contributed by atoms with E-state index in [1.54, 1.807) is 6.07 Å². The number of hydrogen-bond acceptors (Lipinski definition) is 8. The molecule has 0 spiro atoms. The van der Waals surface area contributed by atoms with Crippen molar-refractivity contribution in [3.05, 3.63) is 52.4 Å². The van der Waals surface area contributed by atoms with Gasteiger partial charge in [-0.2, -0.15) is 5.26 Å². The summed E-state index contributed by atoms with van der Waals surface area (Å²) in [5, 5.41) is 30.0. The Hall–Kier alpha value is -1.99. The van der Waals surface area contributed by atoms with E-state index in [2.05, 4.69) is 0 Å². The Labute approximate surface area is 161 Å². The molecule has 1 aromatic carbocycles.